The standard InChI is InChI=1S/C9H13NO2S/c1-7(9(11)12)10-5-4-8-3-2-6-13-8/h2-3,6-7,10H,4-5H2,1H3,(H,11,12)/t7-/m1/s1. The van der Waals surface area contributed by atoms with Crippen LogP contribution in [0.25, 0.3) is 0 Å². The Morgan fingerprint density at radius 3 is 3.08 bits per heavy atom. The maximum absolute atomic E-state index is 10.4. The quantitative estimate of drug-likeness (QED) is 0.752. The molecule has 1 rings (SSSR count). The number of rotatable bonds is 5. The molecule has 4 heteroatoms. The molecule has 0 spiro atoms. The molecule has 0 fully saturated rings. The molecular formula is C9H13NO2S. The van der Waals surface area contributed by atoms with Crippen molar-refractivity contribution >= 4 is 17.3 Å². The van der Waals surface area contributed by atoms with Crippen LogP contribution in [-0.2, 0) is 11.2 Å². The van der Waals surface area contributed by atoms with Crippen LogP contribution in [0, 0.1) is 0 Å². The molecule has 0 aliphatic heterocycles. The highest BCUT2D eigenvalue weighted by atomic mass is 32.1. The fourth-order valence-electron chi connectivity index (χ4n) is 0.954. The van der Waals surface area contributed by atoms with Gasteiger partial charge in [0.2, 0.25) is 0 Å². The molecule has 1 atom stereocenters. The van der Waals surface area contributed by atoms with Gasteiger partial charge >= 0.3 is 5.97 Å². The van der Waals surface area contributed by atoms with Crippen LogP contribution < -0.4 is 5.32 Å². The van der Waals surface area contributed by atoms with Crippen LogP contribution in [0.1, 0.15) is 11.8 Å². The fourth-order valence-corrected chi connectivity index (χ4v) is 1.66. The second-order valence-corrected chi connectivity index (χ2v) is 3.88. The first-order chi connectivity index (χ1) is 6.20. The zero-order valence-corrected chi connectivity index (χ0v) is 8.30. The van der Waals surface area contributed by atoms with E-state index in [1.54, 1.807) is 18.3 Å². The Balaban J connectivity index is 2.18. The van der Waals surface area contributed by atoms with E-state index in [2.05, 4.69) is 11.4 Å². The molecule has 0 aromatic carbocycles. The van der Waals surface area contributed by atoms with E-state index in [0.29, 0.717) is 6.54 Å². The van der Waals surface area contributed by atoms with E-state index in [9.17, 15) is 4.79 Å². The molecule has 0 radical (unpaired) electrons. The normalized spacial score (nSPS) is 12.7. The topological polar surface area (TPSA) is 49.3 Å². The van der Waals surface area contributed by atoms with Crippen molar-refractivity contribution in [1.29, 1.82) is 0 Å². The smallest absolute Gasteiger partial charge is 0.320 e. The lowest BCUT2D eigenvalue weighted by Gasteiger charge is -2.07. The number of carboxylic acid groups (broad SMARTS) is 1. The van der Waals surface area contributed by atoms with E-state index in [0.717, 1.165) is 6.42 Å². The Morgan fingerprint density at radius 2 is 2.54 bits per heavy atom. The number of carbonyl (C=O) groups is 1. The minimum absolute atomic E-state index is 0.458. The summed E-state index contributed by atoms with van der Waals surface area (Å²) in [5.41, 5.74) is 0. The highest BCUT2D eigenvalue weighted by Gasteiger charge is 2.08. The van der Waals surface area contributed by atoms with Crippen molar-refractivity contribution < 1.29 is 9.90 Å². The van der Waals surface area contributed by atoms with Crippen molar-refractivity contribution in [3.05, 3.63) is 22.4 Å². The summed E-state index contributed by atoms with van der Waals surface area (Å²) in [6.45, 7) is 2.37. The molecule has 1 aromatic heterocycles. The minimum Gasteiger partial charge on any atom is -0.480 e. The third kappa shape index (κ3) is 3.57. The minimum atomic E-state index is -0.800. The van der Waals surface area contributed by atoms with E-state index in [1.807, 2.05) is 11.4 Å². The third-order valence-electron chi connectivity index (χ3n) is 1.77. The Bertz CT molecular complexity index is 259. The maximum atomic E-state index is 10.4. The second kappa shape index (κ2) is 4.99. The molecule has 2 N–H and O–H groups in total. The van der Waals surface area contributed by atoms with Crippen LogP contribution in [0.3, 0.4) is 0 Å². The van der Waals surface area contributed by atoms with Crippen molar-refractivity contribution in [1.82, 2.24) is 5.32 Å². The van der Waals surface area contributed by atoms with Crippen LogP contribution in [0.5, 0.6) is 0 Å². The summed E-state index contributed by atoms with van der Waals surface area (Å²) in [4.78, 5) is 11.7. The summed E-state index contributed by atoms with van der Waals surface area (Å²) < 4.78 is 0. The molecule has 72 valence electrons. The number of nitrogens with one attached hydrogen (secondary N) is 1. The highest BCUT2D eigenvalue weighted by molar-refractivity contribution is 7.09. The van der Waals surface area contributed by atoms with E-state index < -0.39 is 12.0 Å². The van der Waals surface area contributed by atoms with Crippen molar-refractivity contribution in [3.8, 4) is 0 Å². The van der Waals surface area contributed by atoms with E-state index in [4.69, 9.17) is 5.11 Å². The number of hydrogen-bond donors (Lipinski definition) is 2. The third-order valence-corrected chi connectivity index (χ3v) is 2.71. The number of aliphatic carboxylic acids is 1. The molecule has 0 aliphatic rings. The molecule has 0 aliphatic carbocycles. The van der Waals surface area contributed by atoms with Crippen LogP contribution >= 0.6 is 11.3 Å². The Hall–Kier alpha value is -0.870. The monoisotopic (exact) mass is 199 g/mol. The van der Waals surface area contributed by atoms with Gasteiger partial charge in [0.25, 0.3) is 0 Å². The zero-order chi connectivity index (χ0) is 9.68. The molecule has 1 aromatic rings. The van der Waals surface area contributed by atoms with E-state index in [1.165, 1.54) is 4.88 Å². The highest BCUT2D eigenvalue weighted by Crippen LogP contribution is 2.08. The van der Waals surface area contributed by atoms with Crippen LogP contribution in [-0.4, -0.2) is 23.7 Å². The van der Waals surface area contributed by atoms with Gasteiger partial charge in [0.1, 0.15) is 6.04 Å². The van der Waals surface area contributed by atoms with E-state index in [-0.39, 0.29) is 0 Å². The van der Waals surface area contributed by atoms with Gasteiger partial charge in [0, 0.05) is 11.4 Å². The molecule has 3 nitrogen and oxygen atoms in total. The van der Waals surface area contributed by atoms with E-state index >= 15 is 0 Å². The molecule has 0 unspecified atom stereocenters. The zero-order valence-electron chi connectivity index (χ0n) is 7.49. The summed E-state index contributed by atoms with van der Waals surface area (Å²) in [6, 6.07) is 3.60. The van der Waals surface area contributed by atoms with Gasteiger partial charge < -0.3 is 10.4 Å². The molecule has 1 heterocycles. The average Bonchev–Trinajstić information content (AvgIpc) is 2.56. The van der Waals surface area contributed by atoms with Crippen molar-refractivity contribution in [2.45, 2.75) is 19.4 Å². The van der Waals surface area contributed by atoms with Gasteiger partial charge in [-0.1, -0.05) is 6.07 Å². The summed E-state index contributed by atoms with van der Waals surface area (Å²) in [7, 11) is 0. The number of hydrogen-bond acceptors (Lipinski definition) is 3. The number of carboxylic acids is 1. The Labute approximate surface area is 81.4 Å². The van der Waals surface area contributed by atoms with Gasteiger partial charge in [-0.2, -0.15) is 0 Å². The second-order valence-electron chi connectivity index (χ2n) is 2.84. The van der Waals surface area contributed by atoms with Crippen molar-refractivity contribution in [2.24, 2.45) is 0 Å². The van der Waals surface area contributed by atoms with Crippen LogP contribution in [0.15, 0.2) is 17.5 Å². The molecular weight excluding hydrogens is 186 g/mol. The Kier molecular flexibility index (Phi) is 3.92. The van der Waals surface area contributed by atoms with Gasteiger partial charge in [-0.25, -0.2) is 0 Å². The summed E-state index contributed by atoms with van der Waals surface area (Å²) in [5, 5.41) is 13.5. The summed E-state index contributed by atoms with van der Waals surface area (Å²) in [5.74, 6) is -0.800. The predicted molar refractivity (Wildman–Crippen MR) is 53.1 cm³/mol. The summed E-state index contributed by atoms with van der Waals surface area (Å²) in [6.07, 6.45) is 0.898. The lowest BCUT2D eigenvalue weighted by molar-refractivity contribution is -0.138. The lowest BCUT2D eigenvalue weighted by Crippen LogP contribution is -2.34. The molecule has 0 saturated heterocycles. The first-order valence-corrected chi connectivity index (χ1v) is 5.06. The van der Waals surface area contributed by atoms with Gasteiger partial charge in [-0.05, 0) is 24.8 Å². The fraction of sp³-hybridized carbons (Fsp3) is 0.444. The van der Waals surface area contributed by atoms with Gasteiger partial charge in [0.15, 0.2) is 0 Å². The Morgan fingerprint density at radius 1 is 1.77 bits per heavy atom. The molecule has 13 heavy (non-hydrogen) atoms. The molecule has 0 bridgehead atoms. The lowest BCUT2D eigenvalue weighted by atomic mass is 10.3. The SMILES string of the molecule is C[C@@H](NCCc1cccs1)C(=O)O. The van der Waals surface area contributed by atoms with Crippen molar-refractivity contribution in [3.63, 3.8) is 0 Å². The number of thiophene rings is 1. The summed E-state index contributed by atoms with van der Waals surface area (Å²) >= 11 is 1.70. The van der Waals surface area contributed by atoms with Gasteiger partial charge in [0.05, 0.1) is 0 Å². The largest absolute Gasteiger partial charge is 0.480 e. The first-order valence-electron chi connectivity index (χ1n) is 4.18. The van der Waals surface area contributed by atoms with Gasteiger partial charge in [-0.3, -0.25) is 4.79 Å². The van der Waals surface area contributed by atoms with Crippen molar-refractivity contribution in [2.75, 3.05) is 6.54 Å². The maximum Gasteiger partial charge on any atom is 0.320 e. The predicted octanol–water partition coefficient (Wildman–Crippen LogP) is 1.35. The van der Waals surface area contributed by atoms with Crippen LogP contribution in [0.2, 0.25) is 0 Å². The average molecular weight is 199 g/mol. The van der Waals surface area contributed by atoms with Crippen LogP contribution in [0.4, 0.5) is 0 Å². The molecule has 0 amide bonds. The molecule has 0 saturated carbocycles. The van der Waals surface area contributed by atoms with Gasteiger partial charge in [-0.15, -0.1) is 11.3 Å². The first kappa shape index (κ1) is 10.2.